The van der Waals surface area contributed by atoms with Crippen LogP contribution >= 0.6 is 11.3 Å². The fourth-order valence-corrected chi connectivity index (χ4v) is 2.74. The van der Waals surface area contributed by atoms with Crippen molar-refractivity contribution < 1.29 is 4.79 Å². The van der Waals surface area contributed by atoms with E-state index >= 15 is 0 Å². The zero-order valence-corrected chi connectivity index (χ0v) is 14.1. The summed E-state index contributed by atoms with van der Waals surface area (Å²) in [4.78, 5) is 21.7. The van der Waals surface area contributed by atoms with Crippen molar-refractivity contribution in [3.63, 3.8) is 0 Å². The first kappa shape index (κ1) is 16.0. The second-order valence-corrected chi connectivity index (χ2v) is 6.24. The van der Waals surface area contributed by atoms with E-state index in [0.717, 1.165) is 16.3 Å². The summed E-state index contributed by atoms with van der Waals surface area (Å²) in [6.45, 7) is 2.42. The number of rotatable bonds is 4. The Morgan fingerprint density at radius 1 is 1.21 bits per heavy atom. The average Bonchev–Trinajstić information content (AvgIpc) is 3.05. The first-order chi connectivity index (χ1) is 11.6. The summed E-state index contributed by atoms with van der Waals surface area (Å²) in [5.74, 6) is 0. The van der Waals surface area contributed by atoms with Gasteiger partial charge in [-0.05, 0) is 13.0 Å². The maximum Gasteiger partial charge on any atom is 0.323 e. The van der Waals surface area contributed by atoms with Gasteiger partial charge in [0.1, 0.15) is 11.3 Å². The van der Waals surface area contributed by atoms with Gasteiger partial charge in [-0.1, -0.05) is 41.2 Å². The van der Waals surface area contributed by atoms with Crippen LogP contribution in [0.3, 0.4) is 0 Å². The molecule has 0 aliphatic rings. The normalized spacial score (nSPS) is 10.4. The summed E-state index contributed by atoms with van der Waals surface area (Å²) >= 11 is 1.34. The summed E-state index contributed by atoms with van der Waals surface area (Å²) in [6, 6.07) is 9.52. The van der Waals surface area contributed by atoms with Crippen LogP contribution < -0.4 is 5.32 Å². The van der Waals surface area contributed by atoms with Gasteiger partial charge in [-0.2, -0.15) is 0 Å². The van der Waals surface area contributed by atoms with Crippen molar-refractivity contribution in [2.75, 3.05) is 12.4 Å². The molecule has 0 radical (unpaired) electrons. The number of benzene rings is 1. The van der Waals surface area contributed by atoms with Gasteiger partial charge >= 0.3 is 6.03 Å². The number of carbonyl (C=O) groups is 1. The molecule has 0 bridgehead atoms. The third-order valence-electron chi connectivity index (χ3n) is 3.33. The number of hydrogen-bond donors (Lipinski definition) is 1. The first-order valence-electron chi connectivity index (χ1n) is 7.29. The minimum absolute atomic E-state index is 0.264. The smallest absolute Gasteiger partial charge is 0.322 e. The molecule has 3 rings (SSSR count). The summed E-state index contributed by atoms with van der Waals surface area (Å²) in [5.41, 5.74) is 2.93. The number of urea groups is 1. The van der Waals surface area contributed by atoms with Crippen LogP contribution in [0.4, 0.5) is 9.93 Å². The van der Waals surface area contributed by atoms with E-state index in [9.17, 15) is 4.79 Å². The lowest BCUT2D eigenvalue weighted by Crippen LogP contribution is -2.31. The highest BCUT2D eigenvalue weighted by molar-refractivity contribution is 7.18. The lowest BCUT2D eigenvalue weighted by Gasteiger charge is -2.15. The van der Waals surface area contributed by atoms with Crippen molar-refractivity contribution in [1.82, 2.24) is 25.1 Å². The zero-order chi connectivity index (χ0) is 16.9. The number of aromatic nitrogens is 4. The van der Waals surface area contributed by atoms with E-state index in [4.69, 9.17) is 0 Å². The highest BCUT2D eigenvalue weighted by atomic mass is 32.1. The number of nitrogens with zero attached hydrogens (tertiary/aromatic N) is 5. The third-order valence-corrected chi connectivity index (χ3v) is 4.21. The lowest BCUT2D eigenvalue weighted by atomic mass is 10.2. The van der Waals surface area contributed by atoms with Gasteiger partial charge in [-0.25, -0.2) is 14.8 Å². The van der Waals surface area contributed by atoms with Crippen LogP contribution in [0, 0.1) is 6.92 Å². The number of hydrogen-bond acceptors (Lipinski definition) is 6. The molecular formula is C16H16N6OS. The second kappa shape index (κ2) is 7.14. The molecule has 1 aromatic carbocycles. The quantitative estimate of drug-likeness (QED) is 0.789. The molecule has 2 amide bonds. The van der Waals surface area contributed by atoms with Crippen molar-refractivity contribution in [1.29, 1.82) is 0 Å². The topological polar surface area (TPSA) is 83.9 Å². The predicted octanol–water partition coefficient (Wildman–Crippen LogP) is 2.97. The zero-order valence-electron chi connectivity index (χ0n) is 13.3. The Hall–Kier alpha value is -2.87. The number of anilines is 1. The maximum atomic E-state index is 12.2. The SMILES string of the molecule is Cc1ccc(-c2nnc(NC(=O)N(C)Cc3ccncn3)s2)cc1. The Labute approximate surface area is 143 Å². The minimum Gasteiger partial charge on any atom is -0.322 e. The van der Waals surface area contributed by atoms with Crippen molar-refractivity contribution in [2.45, 2.75) is 13.5 Å². The van der Waals surface area contributed by atoms with Gasteiger partial charge in [0.05, 0.1) is 12.2 Å². The molecule has 122 valence electrons. The minimum atomic E-state index is -0.264. The molecule has 1 N–H and O–H groups in total. The van der Waals surface area contributed by atoms with Crippen LogP contribution in [0.25, 0.3) is 10.6 Å². The molecule has 24 heavy (non-hydrogen) atoms. The van der Waals surface area contributed by atoms with Crippen LogP contribution in [0.5, 0.6) is 0 Å². The Morgan fingerprint density at radius 2 is 2.00 bits per heavy atom. The van der Waals surface area contributed by atoms with Crippen LogP contribution in [0.15, 0.2) is 42.9 Å². The van der Waals surface area contributed by atoms with Gasteiger partial charge in [-0.3, -0.25) is 5.32 Å². The van der Waals surface area contributed by atoms with E-state index in [1.807, 2.05) is 31.2 Å². The molecule has 0 saturated heterocycles. The van der Waals surface area contributed by atoms with E-state index < -0.39 is 0 Å². The van der Waals surface area contributed by atoms with Crippen LogP contribution in [0.1, 0.15) is 11.3 Å². The maximum absolute atomic E-state index is 12.2. The summed E-state index contributed by atoms with van der Waals surface area (Å²) in [5, 5.41) is 12.1. The van der Waals surface area contributed by atoms with Crippen molar-refractivity contribution in [2.24, 2.45) is 0 Å². The molecule has 2 heterocycles. The Balaban J connectivity index is 1.63. The highest BCUT2D eigenvalue weighted by Gasteiger charge is 2.13. The largest absolute Gasteiger partial charge is 0.323 e. The second-order valence-electron chi connectivity index (χ2n) is 5.27. The van der Waals surface area contributed by atoms with Crippen molar-refractivity contribution >= 4 is 22.5 Å². The lowest BCUT2D eigenvalue weighted by molar-refractivity contribution is 0.220. The van der Waals surface area contributed by atoms with E-state index in [1.165, 1.54) is 28.1 Å². The van der Waals surface area contributed by atoms with Crippen LogP contribution in [-0.4, -0.2) is 38.1 Å². The van der Waals surface area contributed by atoms with E-state index in [2.05, 4.69) is 25.5 Å². The Bertz CT molecular complexity index is 818. The van der Waals surface area contributed by atoms with Crippen LogP contribution in [0.2, 0.25) is 0 Å². The number of aryl methyl sites for hydroxylation is 1. The molecular weight excluding hydrogens is 324 g/mol. The van der Waals surface area contributed by atoms with E-state index in [1.54, 1.807) is 19.3 Å². The van der Waals surface area contributed by atoms with Crippen molar-refractivity contribution in [3.8, 4) is 10.6 Å². The monoisotopic (exact) mass is 340 g/mol. The number of nitrogens with one attached hydrogen (secondary N) is 1. The summed E-state index contributed by atoms with van der Waals surface area (Å²) < 4.78 is 0. The van der Waals surface area contributed by atoms with E-state index in [0.29, 0.717) is 11.7 Å². The molecule has 0 fully saturated rings. The molecule has 0 aliphatic carbocycles. The fourth-order valence-electron chi connectivity index (χ4n) is 2.00. The van der Waals surface area contributed by atoms with Gasteiger partial charge in [0, 0.05) is 18.8 Å². The van der Waals surface area contributed by atoms with Gasteiger partial charge in [0.25, 0.3) is 0 Å². The predicted molar refractivity (Wildman–Crippen MR) is 92.6 cm³/mol. The number of carbonyl (C=O) groups excluding carboxylic acids is 1. The molecule has 2 aromatic heterocycles. The van der Waals surface area contributed by atoms with Gasteiger partial charge in [0.15, 0.2) is 0 Å². The molecule has 7 nitrogen and oxygen atoms in total. The standard InChI is InChI=1S/C16H16N6OS/c1-11-3-5-12(6-4-11)14-20-21-15(24-14)19-16(23)22(2)9-13-7-8-17-10-18-13/h3-8,10H,9H2,1-2H3,(H,19,21,23). The molecule has 8 heteroatoms. The first-order valence-corrected chi connectivity index (χ1v) is 8.11. The van der Waals surface area contributed by atoms with Gasteiger partial charge in [-0.15, -0.1) is 10.2 Å². The molecule has 0 saturated carbocycles. The third kappa shape index (κ3) is 3.90. The Kier molecular flexibility index (Phi) is 4.76. The number of amides is 2. The molecule has 0 aliphatic heterocycles. The average molecular weight is 340 g/mol. The molecule has 0 unspecified atom stereocenters. The highest BCUT2D eigenvalue weighted by Crippen LogP contribution is 2.26. The fraction of sp³-hybridized carbons (Fsp3) is 0.188. The molecule has 3 aromatic rings. The van der Waals surface area contributed by atoms with Crippen molar-refractivity contribution in [3.05, 3.63) is 54.1 Å². The van der Waals surface area contributed by atoms with Gasteiger partial charge < -0.3 is 4.90 Å². The Morgan fingerprint density at radius 3 is 2.71 bits per heavy atom. The summed E-state index contributed by atoms with van der Waals surface area (Å²) in [6.07, 6.45) is 3.10. The van der Waals surface area contributed by atoms with Crippen LogP contribution in [-0.2, 0) is 6.54 Å². The molecule has 0 spiro atoms. The van der Waals surface area contributed by atoms with Gasteiger partial charge in [0.2, 0.25) is 5.13 Å². The molecule has 0 atom stereocenters. The summed E-state index contributed by atoms with van der Waals surface area (Å²) in [7, 11) is 1.69. The van der Waals surface area contributed by atoms with E-state index in [-0.39, 0.29) is 6.03 Å².